The van der Waals surface area contributed by atoms with Crippen molar-refractivity contribution in [1.82, 2.24) is 5.32 Å². The molecule has 0 aliphatic heterocycles. The van der Waals surface area contributed by atoms with Gasteiger partial charge in [-0.15, -0.1) is 0 Å². The van der Waals surface area contributed by atoms with Crippen molar-refractivity contribution in [3.8, 4) is 0 Å². The summed E-state index contributed by atoms with van der Waals surface area (Å²) in [6.45, 7) is 1.93. The van der Waals surface area contributed by atoms with Crippen molar-refractivity contribution in [1.29, 1.82) is 0 Å². The molecule has 1 atom stereocenters. The molecular weight excluding hydrogens is 281 g/mol. The molecule has 2 aromatic carbocycles. The molecule has 0 bridgehead atoms. The molecule has 0 aliphatic carbocycles. The Hall–Kier alpha value is -1.51. The second-order valence-electron chi connectivity index (χ2n) is 4.26. The molecule has 2 nitrogen and oxygen atoms in total. The van der Waals surface area contributed by atoms with Crippen LogP contribution in [0.15, 0.2) is 48.5 Å². The van der Waals surface area contributed by atoms with E-state index in [9.17, 15) is 4.79 Å². The summed E-state index contributed by atoms with van der Waals surface area (Å²) in [5.41, 5.74) is 1.50. The Kier molecular flexibility index (Phi) is 4.46. The second-order valence-corrected chi connectivity index (χ2v) is 5.14. The summed E-state index contributed by atoms with van der Waals surface area (Å²) >= 11 is 11.8. The Morgan fingerprint density at radius 2 is 1.63 bits per heavy atom. The molecule has 2 rings (SSSR count). The summed E-state index contributed by atoms with van der Waals surface area (Å²) in [6.07, 6.45) is 0. The fraction of sp³-hybridized carbons (Fsp3) is 0.133. The maximum absolute atomic E-state index is 12.1. The minimum atomic E-state index is -0.194. The van der Waals surface area contributed by atoms with Gasteiger partial charge in [-0.3, -0.25) is 4.79 Å². The highest BCUT2D eigenvalue weighted by molar-refractivity contribution is 6.35. The highest BCUT2D eigenvalue weighted by Crippen LogP contribution is 2.20. The number of carbonyl (C=O) groups excluding carboxylic acids is 1. The number of benzene rings is 2. The summed E-state index contributed by atoms with van der Waals surface area (Å²) in [7, 11) is 0. The molecule has 0 aromatic heterocycles. The molecule has 0 heterocycles. The smallest absolute Gasteiger partial charge is 0.251 e. The minimum Gasteiger partial charge on any atom is -0.346 e. The molecule has 98 valence electrons. The van der Waals surface area contributed by atoms with Gasteiger partial charge in [0.1, 0.15) is 0 Å². The monoisotopic (exact) mass is 293 g/mol. The standard InChI is InChI=1S/C15H13Cl2NO/c1-10(11-5-3-2-4-6-11)18-15(19)12-7-13(16)9-14(17)8-12/h2-10H,1H3,(H,18,19)/t10-/m1/s1. The lowest BCUT2D eigenvalue weighted by Crippen LogP contribution is -2.26. The first-order valence-corrected chi connectivity index (χ1v) is 6.64. The zero-order valence-corrected chi connectivity index (χ0v) is 11.9. The summed E-state index contributed by atoms with van der Waals surface area (Å²) in [4.78, 5) is 12.1. The third-order valence-corrected chi connectivity index (χ3v) is 3.21. The molecule has 0 unspecified atom stereocenters. The zero-order chi connectivity index (χ0) is 13.8. The normalized spacial score (nSPS) is 11.9. The van der Waals surface area contributed by atoms with Crippen molar-refractivity contribution in [3.63, 3.8) is 0 Å². The first-order valence-electron chi connectivity index (χ1n) is 5.88. The quantitative estimate of drug-likeness (QED) is 0.888. The predicted molar refractivity (Wildman–Crippen MR) is 78.8 cm³/mol. The van der Waals surface area contributed by atoms with Crippen molar-refractivity contribution in [2.45, 2.75) is 13.0 Å². The number of halogens is 2. The van der Waals surface area contributed by atoms with Gasteiger partial charge in [0.05, 0.1) is 6.04 Å². The van der Waals surface area contributed by atoms with Crippen molar-refractivity contribution in [3.05, 3.63) is 69.7 Å². The molecule has 0 aliphatic rings. The van der Waals surface area contributed by atoms with Gasteiger partial charge >= 0.3 is 0 Å². The van der Waals surface area contributed by atoms with E-state index in [-0.39, 0.29) is 11.9 Å². The van der Waals surface area contributed by atoms with Crippen LogP contribution in [-0.2, 0) is 0 Å². The molecule has 1 amide bonds. The first-order chi connectivity index (χ1) is 9.06. The van der Waals surface area contributed by atoms with Gasteiger partial charge in [-0.25, -0.2) is 0 Å². The average Bonchev–Trinajstić information content (AvgIpc) is 2.38. The van der Waals surface area contributed by atoms with Gasteiger partial charge in [0, 0.05) is 15.6 Å². The third-order valence-electron chi connectivity index (χ3n) is 2.77. The Bertz CT molecular complexity index is 564. The topological polar surface area (TPSA) is 29.1 Å². The second kappa shape index (κ2) is 6.09. The Morgan fingerprint density at radius 1 is 1.05 bits per heavy atom. The SMILES string of the molecule is C[C@@H](NC(=O)c1cc(Cl)cc(Cl)c1)c1ccccc1. The van der Waals surface area contributed by atoms with Gasteiger partial charge in [-0.1, -0.05) is 53.5 Å². The number of hydrogen-bond donors (Lipinski definition) is 1. The lowest BCUT2D eigenvalue weighted by molar-refractivity contribution is 0.0940. The molecule has 0 saturated carbocycles. The van der Waals surface area contributed by atoms with Gasteiger partial charge in [0.25, 0.3) is 5.91 Å². The van der Waals surface area contributed by atoms with E-state index in [1.807, 2.05) is 37.3 Å². The van der Waals surface area contributed by atoms with Crippen LogP contribution in [0.4, 0.5) is 0 Å². The molecular formula is C15H13Cl2NO. The van der Waals surface area contributed by atoms with E-state index >= 15 is 0 Å². The fourth-order valence-electron chi connectivity index (χ4n) is 1.79. The molecule has 0 saturated heterocycles. The van der Waals surface area contributed by atoms with Gasteiger partial charge < -0.3 is 5.32 Å². The van der Waals surface area contributed by atoms with Crippen LogP contribution in [0.1, 0.15) is 28.9 Å². The first kappa shape index (κ1) is 13.9. The summed E-state index contributed by atoms with van der Waals surface area (Å²) in [5.74, 6) is -0.194. The van der Waals surface area contributed by atoms with E-state index in [0.29, 0.717) is 15.6 Å². The fourth-order valence-corrected chi connectivity index (χ4v) is 2.32. The molecule has 0 radical (unpaired) electrons. The molecule has 4 heteroatoms. The number of nitrogens with one attached hydrogen (secondary N) is 1. The maximum Gasteiger partial charge on any atom is 0.251 e. The molecule has 0 spiro atoms. The number of amides is 1. The van der Waals surface area contributed by atoms with Gasteiger partial charge in [-0.2, -0.15) is 0 Å². The highest BCUT2D eigenvalue weighted by atomic mass is 35.5. The summed E-state index contributed by atoms with van der Waals surface area (Å²) in [6, 6.07) is 14.5. The summed E-state index contributed by atoms with van der Waals surface area (Å²) < 4.78 is 0. The van der Waals surface area contributed by atoms with Crippen LogP contribution in [0, 0.1) is 0 Å². The van der Waals surface area contributed by atoms with Gasteiger partial charge in [0.2, 0.25) is 0 Å². The predicted octanol–water partition coefficient (Wildman–Crippen LogP) is 4.48. The van der Waals surface area contributed by atoms with E-state index in [0.717, 1.165) is 5.56 Å². The van der Waals surface area contributed by atoms with Crippen molar-refractivity contribution < 1.29 is 4.79 Å². The molecule has 1 N–H and O–H groups in total. The zero-order valence-electron chi connectivity index (χ0n) is 10.4. The number of rotatable bonds is 3. The van der Waals surface area contributed by atoms with Gasteiger partial charge in [-0.05, 0) is 30.7 Å². The lowest BCUT2D eigenvalue weighted by atomic mass is 10.1. The van der Waals surface area contributed by atoms with E-state index in [2.05, 4.69) is 5.32 Å². The number of hydrogen-bond acceptors (Lipinski definition) is 1. The van der Waals surface area contributed by atoms with E-state index in [1.165, 1.54) is 0 Å². The van der Waals surface area contributed by atoms with Crippen molar-refractivity contribution >= 4 is 29.1 Å². The van der Waals surface area contributed by atoms with Crippen LogP contribution >= 0.6 is 23.2 Å². The van der Waals surface area contributed by atoms with Crippen LogP contribution in [0.25, 0.3) is 0 Å². The molecule has 0 fully saturated rings. The maximum atomic E-state index is 12.1. The van der Waals surface area contributed by atoms with E-state index in [1.54, 1.807) is 18.2 Å². The Labute approximate surface area is 122 Å². The minimum absolute atomic E-state index is 0.0774. The van der Waals surface area contributed by atoms with Crippen LogP contribution in [0.3, 0.4) is 0 Å². The lowest BCUT2D eigenvalue weighted by Gasteiger charge is -2.14. The van der Waals surface area contributed by atoms with Crippen LogP contribution < -0.4 is 5.32 Å². The average molecular weight is 294 g/mol. The van der Waals surface area contributed by atoms with Gasteiger partial charge in [0.15, 0.2) is 0 Å². The van der Waals surface area contributed by atoms with E-state index < -0.39 is 0 Å². The number of carbonyl (C=O) groups is 1. The van der Waals surface area contributed by atoms with Crippen LogP contribution in [0.2, 0.25) is 10.0 Å². The third kappa shape index (κ3) is 3.72. The highest BCUT2D eigenvalue weighted by Gasteiger charge is 2.12. The van der Waals surface area contributed by atoms with Crippen LogP contribution in [-0.4, -0.2) is 5.91 Å². The Morgan fingerprint density at radius 3 is 2.21 bits per heavy atom. The van der Waals surface area contributed by atoms with Crippen molar-refractivity contribution in [2.24, 2.45) is 0 Å². The largest absolute Gasteiger partial charge is 0.346 e. The van der Waals surface area contributed by atoms with Crippen LogP contribution in [0.5, 0.6) is 0 Å². The Balaban J connectivity index is 2.13. The van der Waals surface area contributed by atoms with Crippen molar-refractivity contribution in [2.75, 3.05) is 0 Å². The molecule has 2 aromatic rings. The summed E-state index contributed by atoms with van der Waals surface area (Å²) in [5, 5.41) is 3.81. The molecule has 19 heavy (non-hydrogen) atoms. The van der Waals surface area contributed by atoms with E-state index in [4.69, 9.17) is 23.2 Å².